The average Bonchev–Trinajstić information content (AvgIpc) is 2.97. The second-order valence-electron chi connectivity index (χ2n) is 6.34. The summed E-state index contributed by atoms with van der Waals surface area (Å²) in [4.78, 5) is 8.11. The highest BCUT2D eigenvalue weighted by Gasteiger charge is 2.21. The van der Waals surface area contributed by atoms with E-state index in [4.69, 9.17) is 0 Å². The Morgan fingerprint density at radius 2 is 1.72 bits per heavy atom. The first-order valence-corrected chi connectivity index (χ1v) is 9.24. The van der Waals surface area contributed by atoms with Gasteiger partial charge in [-0.3, -0.25) is 4.98 Å². The van der Waals surface area contributed by atoms with Gasteiger partial charge in [0.15, 0.2) is 0 Å². The quantitative estimate of drug-likeness (QED) is 0.454. The van der Waals surface area contributed by atoms with Crippen LogP contribution < -0.4 is 0 Å². The minimum Gasteiger partial charge on any atom is -0.358 e. The van der Waals surface area contributed by atoms with Gasteiger partial charge in [0.2, 0.25) is 0 Å². The third-order valence-corrected chi connectivity index (χ3v) is 5.23. The predicted molar refractivity (Wildman–Crippen MR) is 107 cm³/mol. The zero-order valence-corrected chi connectivity index (χ0v) is 15.6. The van der Waals surface area contributed by atoms with E-state index in [-0.39, 0.29) is 5.92 Å². The zero-order valence-electron chi connectivity index (χ0n) is 14.0. The molecular formula is C22H19BrN2. The summed E-state index contributed by atoms with van der Waals surface area (Å²) >= 11 is 3.55. The number of hydrogen-bond acceptors (Lipinski definition) is 1. The molecule has 4 rings (SSSR count). The van der Waals surface area contributed by atoms with Gasteiger partial charge in [-0.15, -0.1) is 0 Å². The van der Waals surface area contributed by atoms with Crippen molar-refractivity contribution in [2.45, 2.75) is 19.3 Å². The van der Waals surface area contributed by atoms with Gasteiger partial charge in [0, 0.05) is 45.3 Å². The first-order valence-electron chi connectivity index (χ1n) is 8.45. The molecule has 1 N–H and O–H groups in total. The number of fused-ring (bicyclic) bond motifs is 1. The van der Waals surface area contributed by atoms with Crippen molar-refractivity contribution in [2.75, 3.05) is 0 Å². The molecule has 0 radical (unpaired) electrons. The maximum Gasteiger partial charge on any atom is 0.0459 e. The van der Waals surface area contributed by atoms with Gasteiger partial charge in [-0.2, -0.15) is 0 Å². The van der Waals surface area contributed by atoms with Crippen molar-refractivity contribution in [3.63, 3.8) is 0 Å². The number of nitrogens with zero attached hydrogens (tertiary/aromatic N) is 1. The van der Waals surface area contributed by atoms with E-state index in [1.807, 2.05) is 12.3 Å². The van der Waals surface area contributed by atoms with Crippen LogP contribution in [0.15, 0.2) is 77.4 Å². The molecule has 0 amide bonds. The van der Waals surface area contributed by atoms with E-state index >= 15 is 0 Å². The summed E-state index contributed by atoms with van der Waals surface area (Å²) in [6.07, 6.45) is 2.75. The largest absolute Gasteiger partial charge is 0.358 e. The SMILES string of the molecule is Cc1[nH]c2ccccc2c1C(Cc1ccccn1)c1ccc(Br)cc1. The number of halogens is 1. The molecule has 0 saturated heterocycles. The van der Waals surface area contributed by atoms with Gasteiger partial charge in [-0.25, -0.2) is 0 Å². The number of nitrogens with one attached hydrogen (secondary N) is 1. The van der Waals surface area contributed by atoms with Gasteiger partial charge in [0.05, 0.1) is 0 Å². The fourth-order valence-corrected chi connectivity index (χ4v) is 3.82. The van der Waals surface area contributed by atoms with E-state index in [1.54, 1.807) is 0 Å². The molecule has 1 unspecified atom stereocenters. The molecule has 0 fully saturated rings. The number of pyridine rings is 1. The Hall–Kier alpha value is -2.39. The Balaban J connectivity index is 1.87. The van der Waals surface area contributed by atoms with E-state index in [1.165, 1.54) is 27.7 Å². The smallest absolute Gasteiger partial charge is 0.0459 e. The highest BCUT2D eigenvalue weighted by atomic mass is 79.9. The molecule has 1 atom stereocenters. The van der Waals surface area contributed by atoms with Crippen molar-refractivity contribution in [3.8, 4) is 0 Å². The fourth-order valence-electron chi connectivity index (χ4n) is 3.56. The molecule has 25 heavy (non-hydrogen) atoms. The van der Waals surface area contributed by atoms with Crippen LogP contribution in [0.3, 0.4) is 0 Å². The van der Waals surface area contributed by atoms with E-state index in [9.17, 15) is 0 Å². The van der Waals surface area contributed by atoms with Crippen LogP contribution >= 0.6 is 15.9 Å². The van der Waals surface area contributed by atoms with Gasteiger partial charge in [-0.05, 0) is 48.4 Å². The molecule has 4 aromatic rings. The molecule has 2 heterocycles. The highest BCUT2D eigenvalue weighted by molar-refractivity contribution is 9.10. The summed E-state index contributed by atoms with van der Waals surface area (Å²) in [5.41, 5.74) is 6.20. The van der Waals surface area contributed by atoms with Crippen LogP contribution in [0.4, 0.5) is 0 Å². The van der Waals surface area contributed by atoms with Gasteiger partial charge in [0.1, 0.15) is 0 Å². The van der Waals surface area contributed by atoms with E-state index in [0.29, 0.717) is 0 Å². The standard InChI is InChI=1S/C22H19BrN2/c1-15-22(19-7-2-3-8-21(19)25-15)20(14-18-6-4-5-13-24-18)16-9-11-17(23)12-10-16/h2-13,20,25H,14H2,1H3. The average molecular weight is 391 g/mol. The predicted octanol–water partition coefficient (Wildman–Crippen LogP) is 6.01. The summed E-state index contributed by atoms with van der Waals surface area (Å²) < 4.78 is 1.10. The van der Waals surface area contributed by atoms with Crippen molar-refractivity contribution in [3.05, 3.63) is 99.9 Å². The lowest BCUT2D eigenvalue weighted by molar-refractivity contribution is 0.782. The van der Waals surface area contributed by atoms with Crippen LogP contribution in [0.2, 0.25) is 0 Å². The Bertz CT molecular complexity index is 988. The highest BCUT2D eigenvalue weighted by Crippen LogP contribution is 2.36. The van der Waals surface area contributed by atoms with Crippen molar-refractivity contribution in [2.24, 2.45) is 0 Å². The summed E-state index contributed by atoms with van der Waals surface area (Å²) in [6, 6.07) is 23.3. The van der Waals surface area contributed by atoms with Gasteiger partial charge >= 0.3 is 0 Å². The van der Waals surface area contributed by atoms with Crippen LogP contribution in [-0.2, 0) is 6.42 Å². The van der Waals surface area contributed by atoms with Crippen molar-refractivity contribution in [1.29, 1.82) is 0 Å². The number of aromatic nitrogens is 2. The number of rotatable bonds is 4. The minimum absolute atomic E-state index is 0.263. The number of aryl methyl sites for hydroxylation is 1. The lowest BCUT2D eigenvalue weighted by Gasteiger charge is -2.18. The van der Waals surface area contributed by atoms with E-state index in [0.717, 1.165) is 16.6 Å². The van der Waals surface area contributed by atoms with Crippen LogP contribution in [0.1, 0.15) is 28.4 Å². The number of para-hydroxylation sites is 1. The molecule has 0 spiro atoms. The normalized spacial score (nSPS) is 12.4. The van der Waals surface area contributed by atoms with E-state index < -0.39 is 0 Å². The monoisotopic (exact) mass is 390 g/mol. The van der Waals surface area contributed by atoms with Gasteiger partial charge in [-0.1, -0.05) is 52.3 Å². The number of benzene rings is 2. The summed E-state index contributed by atoms with van der Waals surface area (Å²) in [6.45, 7) is 2.17. The maximum absolute atomic E-state index is 4.56. The molecule has 0 aliphatic carbocycles. The zero-order chi connectivity index (χ0) is 17.2. The molecule has 0 bridgehead atoms. The first kappa shape index (κ1) is 16.1. The first-order chi connectivity index (χ1) is 12.2. The Kier molecular flexibility index (Phi) is 4.41. The number of hydrogen-bond donors (Lipinski definition) is 1. The van der Waals surface area contributed by atoms with Crippen LogP contribution in [0.5, 0.6) is 0 Å². The second kappa shape index (κ2) is 6.85. The van der Waals surface area contributed by atoms with Crippen LogP contribution in [0.25, 0.3) is 10.9 Å². The number of H-pyrrole nitrogens is 1. The van der Waals surface area contributed by atoms with Crippen LogP contribution in [-0.4, -0.2) is 9.97 Å². The summed E-state index contributed by atoms with van der Waals surface area (Å²) in [5, 5.41) is 1.30. The Morgan fingerprint density at radius 3 is 2.48 bits per heavy atom. The molecule has 2 aromatic carbocycles. The maximum atomic E-state index is 4.56. The molecular weight excluding hydrogens is 372 g/mol. The third kappa shape index (κ3) is 3.24. The lowest BCUT2D eigenvalue weighted by Crippen LogP contribution is -2.07. The Morgan fingerprint density at radius 1 is 0.960 bits per heavy atom. The number of aromatic amines is 1. The Labute approximate surface area is 156 Å². The summed E-state index contributed by atoms with van der Waals surface area (Å²) in [7, 11) is 0. The molecule has 124 valence electrons. The topological polar surface area (TPSA) is 28.7 Å². The third-order valence-electron chi connectivity index (χ3n) is 4.70. The minimum atomic E-state index is 0.263. The van der Waals surface area contributed by atoms with Crippen molar-refractivity contribution in [1.82, 2.24) is 9.97 Å². The van der Waals surface area contributed by atoms with Crippen molar-refractivity contribution < 1.29 is 0 Å². The molecule has 3 heteroatoms. The van der Waals surface area contributed by atoms with Gasteiger partial charge < -0.3 is 4.98 Å². The fraction of sp³-hybridized carbons (Fsp3) is 0.136. The van der Waals surface area contributed by atoms with Crippen LogP contribution in [0, 0.1) is 6.92 Å². The molecule has 2 nitrogen and oxygen atoms in total. The lowest BCUT2D eigenvalue weighted by atomic mass is 9.85. The molecule has 0 saturated carbocycles. The second-order valence-corrected chi connectivity index (χ2v) is 7.25. The molecule has 0 aliphatic rings. The molecule has 0 aliphatic heterocycles. The van der Waals surface area contributed by atoms with Crippen molar-refractivity contribution >= 4 is 26.8 Å². The molecule has 2 aromatic heterocycles. The summed E-state index contributed by atoms with van der Waals surface area (Å²) in [5.74, 6) is 0.263. The van der Waals surface area contributed by atoms with Gasteiger partial charge in [0.25, 0.3) is 0 Å². The van der Waals surface area contributed by atoms with E-state index in [2.05, 4.69) is 93.5 Å².